The predicted octanol–water partition coefficient (Wildman–Crippen LogP) is 3.13. The van der Waals surface area contributed by atoms with Gasteiger partial charge < -0.3 is 5.73 Å². The van der Waals surface area contributed by atoms with Gasteiger partial charge in [-0.25, -0.2) is 13.2 Å². The molecule has 2 N–H and O–H groups in total. The monoisotopic (exact) mass is 223 g/mol. The average Bonchev–Trinajstić information content (AvgIpc) is 2.08. The van der Waals surface area contributed by atoms with Crippen LogP contribution in [0, 0.1) is 5.82 Å². The van der Waals surface area contributed by atoms with Crippen molar-refractivity contribution in [1.29, 1.82) is 0 Å². The van der Waals surface area contributed by atoms with Crippen molar-refractivity contribution in [3.05, 3.63) is 34.6 Å². The van der Waals surface area contributed by atoms with Crippen molar-refractivity contribution >= 4 is 11.6 Å². The molecule has 1 rings (SSSR count). The van der Waals surface area contributed by atoms with Crippen LogP contribution in [-0.2, 0) is 0 Å². The first-order chi connectivity index (χ1) is 6.50. The molecule has 0 heterocycles. The van der Waals surface area contributed by atoms with Crippen LogP contribution in [0.3, 0.4) is 0 Å². The Hall–Kier alpha value is -0.740. The quantitative estimate of drug-likeness (QED) is 0.837. The van der Waals surface area contributed by atoms with Gasteiger partial charge in [-0.1, -0.05) is 17.7 Å². The van der Waals surface area contributed by atoms with Crippen molar-refractivity contribution in [2.75, 3.05) is 0 Å². The molecule has 0 saturated heterocycles. The Morgan fingerprint density at radius 3 is 2.50 bits per heavy atom. The minimum atomic E-state index is -2.48. The molecule has 78 valence electrons. The second-order valence-electron chi connectivity index (χ2n) is 2.91. The molecule has 0 amide bonds. The summed E-state index contributed by atoms with van der Waals surface area (Å²) in [4.78, 5) is 0. The molecule has 0 aliphatic rings. The van der Waals surface area contributed by atoms with Crippen molar-refractivity contribution in [3.8, 4) is 0 Å². The van der Waals surface area contributed by atoms with Gasteiger partial charge in [-0.05, 0) is 17.7 Å². The Balaban J connectivity index is 2.80. The highest BCUT2D eigenvalue weighted by Crippen LogP contribution is 2.23. The van der Waals surface area contributed by atoms with E-state index in [4.69, 9.17) is 17.3 Å². The molecule has 0 unspecified atom stereocenters. The van der Waals surface area contributed by atoms with E-state index in [1.54, 1.807) is 0 Å². The van der Waals surface area contributed by atoms with E-state index < -0.39 is 24.7 Å². The summed E-state index contributed by atoms with van der Waals surface area (Å²) in [5.74, 6) is -0.584. The van der Waals surface area contributed by atoms with Crippen LogP contribution < -0.4 is 5.73 Å². The van der Waals surface area contributed by atoms with E-state index in [1.807, 2.05) is 0 Å². The Bertz CT molecular complexity index is 317. The molecule has 0 radical (unpaired) electrons. The smallest absolute Gasteiger partial charge is 0.240 e. The molecule has 5 heteroatoms. The van der Waals surface area contributed by atoms with Crippen LogP contribution in [-0.4, -0.2) is 6.43 Å². The lowest BCUT2D eigenvalue weighted by atomic mass is 10.1. The first-order valence-corrected chi connectivity index (χ1v) is 4.37. The number of rotatable bonds is 3. The zero-order chi connectivity index (χ0) is 10.7. The van der Waals surface area contributed by atoms with Gasteiger partial charge in [-0.2, -0.15) is 0 Å². The molecule has 0 bridgehead atoms. The van der Waals surface area contributed by atoms with E-state index in [0.717, 1.165) is 6.07 Å². The maximum atomic E-state index is 12.7. The lowest BCUT2D eigenvalue weighted by Gasteiger charge is -2.11. The Kier molecular flexibility index (Phi) is 3.77. The van der Waals surface area contributed by atoms with Gasteiger partial charge in [0.25, 0.3) is 0 Å². The third-order valence-corrected chi connectivity index (χ3v) is 2.09. The van der Waals surface area contributed by atoms with E-state index in [-0.39, 0.29) is 5.02 Å². The maximum absolute atomic E-state index is 12.7. The van der Waals surface area contributed by atoms with Gasteiger partial charge in [-0.15, -0.1) is 0 Å². The molecule has 0 fully saturated rings. The molecule has 1 nitrogen and oxygen atoms in total. The van der Waals surface area contributed by atoms with Gasteiger partial charge >= 0.3 is 0 Å². The van der Waals surface area contributed by atoms with Crippen LogP contribution >= 0.6 is 11.6 Å². The fraction of sp³-hybridized carbons (Fsp3) is 0.333. The summed E-state index contributed by atoms with van der Waals surface area (Å²) in [6.07, 6.45) is -2.93. The highest BCUT2D eigenvalue weighted by molar-refractivity contribution is 6.30. The third-order valence-electron chi connectivity index (χ3n) is 1.80. The van der Waals surface area contributed by atoms with Crippen molar-refractivity contribution < 1.29 is 13.2 Å². The molecule has 0 saturated carbocycles. The van der Waals surface area contributed by atoms with Crippen molar-refractivity contribution in [3.63, 3.8) is 0 Å². The molecule has 14 heavy (non-hydrogen) atoms. The summed E-state index contributed by atoms with van der Waals surface area (Å²) in [5.41, 5.74) is 5.87. The van der Waals surface area contributed by atoms with E-state index in [1.165, 1.54) is 12.1 Å². The van der Waals surface area contributed by atoms with Crippen LogP contribution in [0.2, 0.25) is 5.02 Å². The average molecular weight is 224 g/mol. The molecule has 1 aromatic carbocycles. The zero-order valence-corrected chi connectivity index (χ0v) is 7.94. The molecule has 0 aliphatic heterocycles. The molecule has 1 atom stereocenters. The summed E-state index contributed by atoms with van der Waals surface area (Å²) in [6.45, 7) is 0. The first-order valence-electron chi connectivity index (χ1n) is 3.99. The van der Waals surface area contributed by atoms with Crippen LogP contribution in [0.15, 0.2) is 18.2 Å². The highest BCUT2D eigenvalue weighted by Gasteiger charge is 2.13. The van der Waals surface area contributed by atoms with Crippen molar-refractivity contribution in [1.82, 2.24) is 0 Å². The Morgan fingerprint density at radius 2 is 2.00 bits per heavy atom. The van der Waals surface area contributed by atoms with Crippen LogP contribution in [0.4, 0.5) is 13.2 Å². The number of nitrogens with two attached hydrogens (primary N) is 1. The number of hydrogen-bond donors (Lipinski definition) is 1. The standard InChI is InChI=1S/C9H9ClF3N/c10-6-3-5(1-2-7(6)11)8(14)4-9(12)13/h1-3,8-9H,4,14H2/t8-/m1/s1. The fourth-order valence-corrected chi connectivity index (χ4v) is 1.26. The number of hydrogen-bond acceptors (Lipinski definition) is 1. The van der Waals surface area contributed by atoms with Gasteiger partial charge in [0.1, 0.15) is 5.82 Å². The largest absolute Gasteiger partial charge is 0.324 e. The number of halogens is 4. The normalized spacial score (nSPS) is 13.3. The minimum absolute atomic E-state index is 0.104. The van der Waals surface area contributed by atoms with Crippen LogP contribution in [0.25, 0.3) is 0 Å². The molecular formula is C9H9ClF3N. The van der Waals surface area contributed by atoms with E-state index in [9.17, 15) is 13.2 Å². The molecule has 0 aromatic heterocycles. The second kappa shape index (κ2) is 4.66. The number of benzene rings is 1. The van der Waals surface area contributed by atoms with E-state index in [0.29, 0.717) is 5.56 Å². The molecule has 1 aromatic rings. The number of alkyl halides is 2. The zero-order valence-electron chi connectivity index (χ0n) is 7.18. The summed E-state index contributed by atoms with van der Waals surface area (Å²) < 4.78 is 36.6. The van der Waals surface area contributed by atoms with Gasteiger partial charge in [0.15, 0.2) is 0 Å². The summed E-state index contributed by atoms with van der Waals surface area (Å²) in [6, 6.07) is 2.93. The highest BCUT2D eigenvalue weighted by atomic mass is 35.5. The lowest BCUT2D eigenvalue weighted by molar-refractivity contribution is 0.128. The molecule has 0 spiro atoms. The minimum Gasteiger partial charge on any atom is -0.324 e. The summed E-state index contributed by atoms with van der Waals surface area (Å²) in [7, 11) is 0. The topological polar surface area (TPSA) is 26.0 Å². The Labute approximate surface area is 84.7 Å². The van der Waals surface area contributed by atoms with E-state index in [2.05, 4.69) is 0 Å². The van der Waals surface area contributed by atoms with Crippen molar-refractivity contribution in [2.45, 2.75) is 18.9 Å². The van der Waals surface area contributed by atoms with Gasteiger partial charge in [0, 0.05) is 12.5 Å². The van der Waals surface area contributed by atoms with Gasteiger partial charge in [0.05, 0.1) is 5.02 Å². The third kappa shape index (κ3) is 2.89. The summed E-state index contributed by atoms with van der Waals surface area (Å²) in [5, 5.41) is -0.104. The van der Waals surface area contributed by atoms with Crippen LogP contribution in [0.1, 0.15) is 18.0 Å². The Morgan fingerprint density at radius 1 is 1.36 bits per heavy atom. The van der Waals surface area contributed by atoms with Gasteiger partial charge in [-0.3, -0.25) is 0 Å². The molecule has 0 aliphatic carbocycles. The van der Waals surface area contributed by atoms with E-state index >= 15 is 0 Å². The molecular weight excluding hydrogens is 215 g/mol. The lowest BCUT2D eigenvalue weighted by Crippen LogP contribution is -2.13. The summed E-state index contributed by atoms with van der Waals surface area (Å²) >= 11 is 5.48. The maximum Gasteiger partial charge on any atom is 0.240 e. The van der Waals surface area contributed by atoms with Gasteiger partial charge in [0.2, 0.25) is 6.43 Å². The first kappa shape index (κ1) is 11.3. The SMILES string of the molecule is N[C@H](CC(F)F)c1ccc(F)c(Cl)c1. The predicted molar refractivity (Wildman–Crippen MR) is 49.0 cm³/mol. The van der Waals surface area contributed by atoms with Crippen LogP contribution in [0.5, 0.6) is 0 Å². The van der Waals surface area contributed by atoms with Crippen molar-refractivity contribution in [2.24, 2.45) is 5.73 Å². The fourth-order valence-electron chi connectivity index (χ4n) is 1.07. The second-order valence-corrected chi connectivity index (χ2v) is 3.31.